The van der Waals surface area contributed by atoms with Crippen LogP contribution in [-0.2, 0) is 9.59 Å². The molecule has 1 rings (SSSR count). The van der Waals surface area contributed by atoms with Gasteiger partial charge in [-0.1, -0.05) is 11.6 Å². The summed E-state index contributed by atoms with van der Waals surface area (Å²) < 4.78 is 0. The van der Waals surface area contributed by atoms with Crippen LogP contribution in [0.5, 0.6) is 0 Å². The van der Waals surface area contributed by atoms with Gasteiger partial charge in [0.05, 0.1) is 5.41 Å². The number of rotatable bonds is 6. The zero-order valence-electron chi connectivity index (χ0n) is 10.6. The Bertz CT molecular complexity index is 332. The predicted octanol–water partition coefficient (Wildman–Crippen LogP) is 2.10. The van der Waals surface area contributed by atoms with Gasteiger partial charge in [0, 0.05) is 13.0 Å². The number of amides is 1. The Morgan fingerprint density at radius 3 is 2.71 bits per heavy atom. The second-order valence-electron chi connectivity index (χ2n) is 5.22. The molecule has 4 nitrogen and oxygen atoms in total. The minimum atomic E-state index is -0.989. The summed E-state index contributed by atoms with van der Waals surface area (Å²) in [4.78, 5) is 22.4. The monoisotopic (exact) mass is 239 g/mol. The van der Waals surface area contributed by atoms with Crippen LogP contribution in [0.2, 0.25) is 0 Å². The SMILES string of the molecule is CC(C)(CC(=O)NCCC1=CCCC1)C(=O)O. The molecule has 0 radical (unpaired) electrons. The average Bonchev–Trinajstić information content (AvgIpc) is 2.69. The molecule has 0 fully saturated rings. The van der Waals surface area contributed by atoms with E-state index in [9.17, 15) is 9.59 Å². The van der Waals surface area contributed by atoms with Crippen molar-refractivity contribution in [3.63, 3.8) is 0 Å². The van der Waals surface area contributed by atoms with E-state index in [4.69, 9.17) is 5.11 Å². The van der Waals surface area contributed by atoms with Crippen molar-refractivity contribution in [3.05, 3.63) is 11.6 Å². The predicted molar refractivity (Wildman–Crippen MR) is 65.6 cm³/mol. The summed E-state index contributed by atoms with van der Waals surface area (Å²) in [6.07, 6.45) is 6.65. The molecule has 1 aliphatic rings. The Hall–Kier alpha value is -1.32. The van der Waals surface area contributed by atoms with Gasteiger partial charge in [-0.15, -0.1) is 0 Å². The van der Waals surface area contributed by atoms with Crippen LogP contribution >= 0.6 is 0 Å². The smallest absolute Gasteiger partial charge is 0.309 e. The lowest BCUT2D eigenvalue weighted by molar-refractivity contribution is -0.149. The van der Waals surface area contributed by atoms with Gasteiger partial charge in [-0.25, -0.2) is 0 Å². The van der Waals surface area contributed by atoms with Gasteiger partial charge in [0.1, 0.15) is 0 Å². The molecule has 17 heavy (non-hydrogen) atoms. The molecule has 0 spiro atoms. The molecule has 0 heterocycles. The molecule has 2 N–H and O–H groups in total. The Morgan fingerprint density at radius 2 is 2.18 bits per heavy atom. The molecule has 0 atom stereocenters. The van der Waals surface area contributed by atoms with E-state index < -0.39 is 11.4 Å². The van der Waals surface area contributed by atoms with Crippen molar-refractivity contribution in [3.8, 4) is 0 Å². The van der Waals surface area contributed by atoms with E-state index in [1.54, 1.807) is 13.8 Å². The Kier molecular flexibility index (Phi) is 4.73. The largest absolute Gasteiger partial charge is 0.481 e. The third kappa shape index (κ3) is 4.59. The summed E-state index contributed by atoms with van der Waals surface area (Å²) in [6.45, 7) is 3.74. The van der Waals surface area contributed by atoms with Crippen LogP contribution in [-0.4, -0.2) is 23.5 Å². The standard InChI is InChI=1S/C13H21NO3/c1-13(2,12(16)17)9-11(15)14-8-7-10-5-3-4-6-10/h5H,3-4,6-9H2,1-2H3,(H,14,15)(H,16,17). The molecule has 0 saturated carbocycles. The minimum Gasteiger partial charge on any atom is -0.481 e. The Labute approximate surface area is 102 Å². The van der Waals surface area contributed by atoms with Crippen LogP contribution in [0.15, 0.2) is 11.6 Å². The summed E-state index contributed by atoms with van der Waals surface area (Å²) in [7, 11) is 0. The van der Waals surface area contributed by atoms with Crippen LogP contribution in [0.1, 0.15) is 46.0 Å². The third-order valence-corrected chi connectivity index (χ3v) is 3.08. The van der Waals surface area contributed by atoms with Gasteiger partial charge in [0.15, 0.2) is 0 Å². The van der Waals surface area contributed by atoms with E-state index in [2.05, 4.69) is 11.4 Å². The third-order valence-electron chi connectivity index (χ3n) is 3.08. The first-order valence-electron chi connectivity index (χ1n) is 6.10. The highest BCUT2D eigenvalue weighted by Gasteiger charge is 2.29. The molecule has 0 bridgehead atoms. The van der Waals surface area contributed by atoms with Gasteiger partial charge in [0.2, 0.25) is 5.91 Å². The summed E-state index contributed by atoms with van der Waals surface area (Å²) in [5.41, 5.74) is 0.416. The van der Waals surface area contributed by atoms with Gasteiger partial charge in [-0.2, -0.15) is 0 Å². The van der Waals surface area contributed by atoms with E-state index in [-0.39, 0.29) is 12.3 Å². The van der Waals surface area contributed by atoms with Gasteiger partial charge >= 0.3 is 5.97 Å². The van der Waals surface area contributed by atoms with Crippen LogP contribution in [0.4, 0.5) is 0 Å². The zero-order valence-corrected chi connectivity index (χ0v) is 10.6. The van der Waals surface area contributed by atoms with E-state index in [1.165, 1.54) is 12.0 Å². The molecule has 0 unspecified atom stereocenters. The van der Waals surface area contributed by atoms with Crippen molar-refractivity contribution >= 4 is 11.9 Å². The van der Waals surface area contributed by atoms with Crippen molar-refractivity contribution in [2.75, 3.05) is 6.54 Å². The number of nitrogens with one attached hydrogen (secondary N) is 1. The van der Waals surface area contributed by atoms with E-state index in [1.807, 2.05) is 0 Å². The second-order valence-corrected chi connectivity index (χ2v) is 5.22. The quantitative estimate of drug-likeness (QED) is 0.697. The molecule has 4 heteroatoms. The molecule has 0 aromatic heterocycles. The van der Waals surface area contributed by atoms with E-state index in [0.717, 1.165) is 19.3 Å². The first-order chi connectivity index (χ1) is 7.92. The highest BCUT2D eigenvalue weighted by molar-refractivity contribution is 5.84. The van der Waals surface area contributed by atoms with E-state index in [0.29, 0.717) is 6.54 Å². The summed E-state index contributed by atoms with van der Waals surface area (Å²) in [6, 6.07) is 0. The van der Waals surface area contributed by atoms with Gasteiger partial charge in [-0.05, 0) is 39.5 Å². The average molecular weight is 239 g/mol. The molecule has 0 aliphatic heterocycles. The highest BCUT2D eigenvalue weighted by atomic mass is 16.4. The molecule has 1 aliphatic carbocycles. The maximum Gasteiger partial charge on any atom is 0.309 e. The molecule has 1 amide bonds. The number of hydrogen-bond acceptors (Lipinski definition) is 2. The lowest BCUT2D eigenvalue weighted by Crippen LogP contribution is -2.33. The number of carbonyl (C=O) groups excluding carboxylic acids is 1. The number of allylic oxidation sites excluding steroid dienone is 1. The molecule has 0 aromatic carbocycles. The normalized spacial score (nSPS) is 15.5. The Balaban J connectivity index is 2.23. The molecule has 96 valence electrons. The highest BCUT2D eigenvalue weighted by Crippen LogP contribution is 2.21. The van der Waals surface area contributed by atoms with Crippen molar-refractivity contribution in [2.24, 2.45) is 5.41 Å². The molecular formula is C13H21NO3. The van der Waals surface area contributed by atoms with Crippen molar-refractivity contribution in [2.45, 2.75) is 46.0 Å². The lowest BCUT2D eigenvalue weighted by Gasteiger charge is -2.18. The maximum atomic E-state index is 11.5. The summed E-state index contributed by atoms with van der Waals surface area (Å²) in [5.74, 6) is -1.12. The molecule has 0 saturated heterocycles. The van der Waals surface area contributed by atoms with Crippen molar-refractivity contribution < 1.29 is 14.7 Å². The van der Waals surface area contributed by atoms with Gasteiger partial charge < -0.3 is 10.4 Å². The molecular weight excluding hydrogens is 218 g/mol. The van der Waals surface area contributed by atoms with Crippen molar-refractivity contribution in [1.29, 1.82) is 0 Å². The number of carboxylic acid groups (broad SMARTS) is 1. The first-order valence-corrected chi connectivity index (χ1v) is 6.10. The first kappa shape index (κ1) is 13.7. The summed E-state index contributed by atoms with van der Waals surface area (Å²) in [5, 5.41) is 11.7. The fourth-order valence-corrected chi connectivity index (χ4v) is 1.87. The Morgan fingerprint density at radius 1 is 1.47 bits per heavy atom. The zero-order chi connectivity index (χ0) is 12.9. The molecule has 0 aromatic rings. The van der Waals surface area contributed by atoms with Crippen molar-refractivity contribution in [1.82, 2.24) is 5.32 Å². The second kappa shape index (κ2) is 5.84. The number of hydrogen-bond donors (Lipinski definition) is 2. The van der Waals surface area contributed by atoms with Crippen LogP contribution in [0.3, 0.4) is 0 Å². The van der Waals surface area contributed by atoms with E-state index >= 15 is 0 Å². The number of carbonyl (C=O) groups is 2. The van der Waals surface area contributed by atoms with Crippen LogP contribution < -0.4 is 5.32 Å². The maximum absolute atomic E-state index is 11.5. The van der Waals surface area contributed by atoms with Gasteiger partial charge in [-0.3, -0.25) is 9.59 Å². The van der Waals surface area contributed by atoms with Gasteiger partial charge in [0.25, 0.3) is 0 Å². The topological polar surface area (TPSA) is 66.4 Å². The number of aliphatic carboxylic acids is 1. The summed E-state index contributed by atoms with van der Waals surface area (Å²) >= 11 is 0. The van der Waals surface area contributed by atoms with Crippen LogP contribution in [0.25, 0.3) is 0 Å². The fourth-order valence-electron chi connectivity index (χ4n) is 1.87. The number of carboxylic acids is 1. The van der Waals surface area contributed by atoms with Crippen LogP contribution in [0, 0.1) is 5.41 Å². The minimum absolute atomic E-state index is 0.0291. The lowest BCUT2D eigenvalue weighted by atomic mass is 9.89. The fraction of sp³-hybridized carbons (Fsp3) is 0.692.